The maximum Gasteiger partial charge on any atom is 0.191 e. The van der Waals surface area contributed by atoms with Crippen molar-refractivity contribution in [2.75, 3.05) is 26.7 Å². The lowest BCUT2D eigenvalue weighted by atomic mass is 10.0. The van der Waals surface area contributed by atoms with Gasteiger partial charge in [0.05, 0.1) is 6.54 Å². The fourth-order valence-electron chi connectivity index (χ4n) is 2.42. The van der Waals surface area contributed by atoms with Crippen molar-refractivity contribution in [1.29, 1.82) is 0 Å². The molecule has 1 heterocycles. The Morgan fingerprint density at radius 2 is 2.27 bits per heavy atom. The molecule has 0 amide bonds. The summed E-state index contributed by atoms with van der Waals surface area (Å²) in [4.78, 5) is 4.11. The molecule has 22 heavy (non-hydrogen) atoms. The topological polar surface area (TPSA) is 54.9 Å². The Bertz CT molecular complexity index is 553. The van der Waals surface area contributed by atoms with Crippen LogP contribution in [0.4, 0.5) is 0 Å². The first-order valence-corrected chi connectivity index (χ1v) is 7.55. The average molecular weight is 303 g/mol. The maximum absolute atomic E-state index is 5.99. The van der Waals surface area contributed by atoms with Gasteiger partial charge < -0.3 is 20.1 Å². The van der Waals surface area contributed by atoms with Crippen LogP contribution in [0.3, 0.4) is 0 Å². The second-order valence-corrected chi connectivity index (χ2v) is 5.80. The largest absolute Gasteiger partial charge is 0.488 e. The number of benzene rings is 1. The Balaban J connectivity index is 1.84. The van der Waals surface area contributed by atoms with E-state index in [4.69, 9.17) is 9.47 Å². The first-order chi connectivity index (χ1) is 10.6. The van der Waals surface area contributed by atoms with Gasteiger partial charge in [-0.1, -0.05) is 18.2 Å². The molecule has 120 valence electrons. The Hall–Kier alpha value is -2.17. The molecule has 2 N–H and O–H groups in total. The maximum atomic E-state index is 5.99. The smallest absolute Gasteiger partial charge is 0.191 e. The van der Waals surface area contributed by atoms with Crippen molar-refractivity contribution >= 4 is 5.96 Å². The predicted molar refractivity (Wildman–Crippen MR) is 89.9 cm³/mol. The Morgan fingerprint density at radius 3 is 3.00 bits per heavy atom. The van der Waals surface area contributed by atoms with Crippen molar-refractivity contribution in [3.05, 3.63) is 36.4 Å². The number of hydrogen-bond donors (Lipinski definition) is 2. The van der Waals surface area contributed by atoms with E-state index in [0.29, 0.717) is 19.7 Å². The van der Waals surface area contributed by atoms with Crippen LogP contribution >= 0.6 is 0 Å². The van der Waals surface area contributed by atoms with Gasteiger partial charge in [-0.05, 0) is 19.9 Å². The van der Waals surface area contributed by atoms with Crippen LogP contribution in [0.1, 0.15) is 19.4 Å². The first-order valence-electron chi connectivity index (χ1n) is 7.55. The molecule has 2 rings (SSSR count). The summed E-state index contributed by atoms with van der Waals surface area (Å²) in [5, 5.41) is 6.29. The molecule has 0 saturated carbocycles. The summed E-state index contributed by atoms with van der Waals surface area (Å²) in [6.07, 6.45) is 2.70. The van der Waals surface area contributed by atoms with Crippen molar-refractivity contribution in [2.45, 2.75) is 25.9 Å². The number of para-hydroxylation sites is 1. The second kappa shape index (κ2) is 7.20. The zero-order valence-electron chi connectivity index (χ0n) is 13.6. The number of nitrogens with one attached hydrogen (secondary N) is 2. The highest BCUT2D eigenvalue weighted by Gasteiger charge is 2.32. The first kappa shape index (κ1) is 16.2. The second-order valence-electron chi connectivity index (χ2n) is 5.80. The Kier molecular flexibility index (Phi) is 5.31. The lowest BCUT2D eigenvalue weighted by Gasteiger charge is -2.18. The fraction of sp³-hybridized carbons (Fsp3) is 0.471. The Morgan fingerprint density at radius 1 is 1.45 bits per heavy atom. The summed E-state index contributed by atoms with van der Waals surface area (Å²) in [6, 6.07) is 6.05. The minimum atomic E-state index is -0.156. The van der Waals surface area contributed by atoms with Crippen molar-refractivity contribution < 1.29 is 9.47 Å². The summed E-state index contributed by atoms with van der Waals surface area (Å²) in [5.41, 5.74) is 1.05. The van der Waals surface area contributed by atoms with Crippen molar-refractivity contribution in [1.82, 2.24) is 10.6 Å². The van der Waals surface area contributed by atoms with E-state index in [0.717, 1.165) is 23.9 Å². The van der Waals surface area contributed by atoms with Gasteiger partial charge in [0, 0.05) is 25.6 Å². The van der Waals surface area contributed by atoms with Gasteiger partial charge in [-0.3, -0.25) is 4.99 Å². The molecule has 0 atom stereocenters. The van der Waals surface area contributed by atoms with Crippen molar-refractivity contribution in [3.63, 3.8) is 0 Å². The molecule has 1 aliphatic rings. The van der Waals surface area contributed by atoms with E-state index in [1.165, 1.54) is 5.56 Å². The number of ether oxygens (including phenoxy) is 2. The zero-order chi connectivity index (χ0) is 16.0. The van der Waals surface area contributed by atoms with E-state index in [9.17, 15) is 0 Å². The summed E-state index contributed by atoms with van der Waals surface area (Å²) in [7, 11) is 1.74. The number of rotatable bonds is 6. The van der Waals surface area contributed by atoms with Gasteiger partial charge in [-0.2, -0.15) is 0 Å². The van der Waals surface area contributed by atoms with Gasteiger partial charge in [0.25, 0.3) is 0 Å². The van der Waals surface area contributed by atoms with Crippen LogP contribution < -0.4 is 20.1 Å². The molecule has 1 aromatic carbocycles. The number of nitrogens with zero attached hydrogens (tertiary/aromatic N) is 1. The minimum Gasteiger partial charge on any atom is -0.488 e. The van der Waals surface area contributed by atoms with Crippen molar-refractivity contribution in [2.24, 2.45) is 4.99 Å². The highest BCUT2D eigenvalue weighted by Crippen LogP contribution is 2.41. The van der Waals surface area contributed by atoms with Crippen LogP contribution in [0.15, 0.2) is 35.8 Å². The van der Waals surface area contributed by atoms with Gasteiger partial charge in [0.15, 0.2) is 17.5 Å². The number of aliphatic imine (C=N–C) groups is 1. The lowest BCUT2D eigenvalue weighted by molar-refractivity contribution is 0.132. The minimum absolute atomic E-state index is 0.156. The van der Waals surface area contributed by atoms with Gasteiger partial charge >= 0.3 is 0 Å². The van der Waals surface area contributed by atoms with E-state index in [2.05, 4.69) is 42.1 Å². The van der Waals surface area contributed by atoms with E-state index in [1.54, 1.807) is 13.1 Å². The summed E-state index contributed by atoms with van der Waals surface area (Å²) in [6.45, 7) is 9.72. The van der Waals surface area contributed by atoms with Crippen molar-refractivity contribution in [3.8, 4) is 11.5 Å². The van der Waals surface area contributed by atoms with Crippen LogP contribution in [-0.4, -0.2) is 38.3 Å². The summed E-state index contributed by atoms with van der Waals surface area (Å²) < 4.78 is 11.8. The molecule has 5 heteroatoms. The molecule has 0 bridgehead atoms. The quantitative estimate of drug-likeness (QED) is 0.366. The molecular weight excluding hydrogens is 278 g/mol. The fourth-order valence-corrected chi connectivity index (χ4v) is 2.42. The van der Waals surface area contributed by atoms with Gasteiger partial charge in [-0.25, -0.2) is 0 Å². The number of fused-ring (bicyclic) bond motifs is 1. The molecule has 0 saturated heterocycles. The molecule has 0 fully saturated rings. The SMILES string of the molecule is C=CCNC(=NC)NCCOc1cccc2c1OC(C)(C)C2. The van der Waals surface area contributed by atoms with Crippen LogP contribution in [-0.2, 0) is 6.42 Å². The standard InChI is InChI=1S/C17H25N3O2/c1-5-9-19-16(18-4)20-10-11-21-14-8-6-7-13-12-17(2,3)22-15(13)14/h5-8H,1,9-12H2,2-4H3,(H2,18,19,20). The van der Waals surface area contributed by atoms with E-state index in [1.807, 2.05) is 12.1 Å². The highest BCUT2D eigenvalue weighted by molar-refractivity contribution is 5.79. The molecule has 1 aliphatic heterocycles. The summed E-state index contributed by atoms with van der Waals surface area (Å²) in [5.74, 6) is 2.42. The van der Waals surface area contributed by atoms with Crippen LogP contribution in [0.2, 0.25) is 0 Å². The van der Waals surface area contributed by atoms with E-state index < -0.39 is 0 Å². The van der Waals surface area contributed by atoms with E-state index >= 15 is 0 Å². The zero-order valence-corrected chi connectivity index (χ0v) is 13.6. The molecular formula is C17H25N3O2. The molecule has 0 radical (unpaired) electrons. The van der Waals surface area contributed by atoms with E-state index in [-0.39, 0.29) is 5.60 Å². The number of guanidine groups is 1. The normalized spacial score (nSPS) is 15.7. The highest BCUT2D eigenvalue weighted by atomic mass is 16.5. The average Bonchev–Trinajstić information content (AvgIpc) is 2.81. The monoisotopic (exact) mass is 303 g/mol. The third-order valence-electron chi connectivity index (χ3n) is 3.34. The Labute approximate surface area is 132 Å². The number of hydrogen-bond acceptors (Lipinski definition) is 3. The van der Waals surface area contributed by atoms with Gasteiger partial charge in [-0.15, -0.1) is 6.58 Å². The molecule has 0 aliphatic carbocycles. The lowest BCUT2D eigenvalue weighted by Crippen LogP contribution is -2.39. The molecule has 0 aromatic heterocycles. The molecule has 0 unspecified atom stereocenters. The van der Waals surface area contributed by atoms with Crippen LogP contribution in [0.5, 0.6) is 11.5 Å². The van der Waals surface area contributed by atoms with Crippen LogP contribution in [0, 0.1) is 0 Å². The van der Waals surface area contributed by atoms with Crippen LogP contribution in [0.25, 0.3) is 0 Å². The summed E-state index contributed by atoms with van der Waals surface area (Å²) >= 11 is 0. The third-order valence-corrected chi connectivity index (χ3v) is 3.34. The van der Waals surface area contributed by atoms with Gasteiger partial charge in [0.1, 0.15) is 12.2 Å². The molecule has 0 spiro atoms. The molecule has 5 nitrogen and oxygen atoms in total. The molecule has 1 aromatic rings. The predicted octanol–water partition coefficient (Wildman–Crippen LogP) is 2.13. The van der Waals surface area contributed by atoms with Gasteiger partial charge in [0.2, 0.25) is 0 Å². The third kappa shape index (κ3) is 4.16.